The van der Waals surface area contributed by atoms with E-state index in [9.17, 15) is 4.79 Å². The average molecular weight is 275 g/mol. The highest BCUT2D eigenvalue weighted by atomic mass is 16.6. The summed E-state index contributed by atoms with van der Waals surface area (Å²) in [7, 11) is 0. The number of carbonyl (C=O) groups is 1. The summed E-state index contributed by atoms with van der Waals surface area (Å²) in [5.74, 6) is 0. The fourth-order valence-corrected chi connectivity index (χ4v) is 2.66. The quantitative estimate of drug-likeness (QED) is 0.816. The van der Waals surface area contributed by atoms with E-state index in [2.05, 4.69) is 24.3 Å². The summed E-state index contributed by atoms with van der Waals surface area (Å²) in [6.45, 7) is 6.57. The molecule has 1 aromatic rings. The minimum atomic E-state index is -0.425. The Morgan fingerprint density at radius 2 is 1.95 bits per heavy atom. The molecule has 0 aliphatic carbocycles. The van der Waals surface area contributed by atoms with Crippen molar-refractivity contribution in [3.05, 3.63) is 35.9 Å². The van der Waals surface area contributed by atoms with Gasteiger partial charge in [0.15, 0.2) is 0 Å². The van der Waals surface area contributed by atoms with Crippen LogP contribution in [0.25, 0.3) is 0 Å². The van der Waals surface area contributed by atoms with E-state index >= 15 is 0 Å². The predicted octanol–water partition coefficient (Wildman–Crippen LogP) is 4.02. The van der Waals surface area contributed by atoms with Gasteiger partial charge in [-0.3, -0.25) is 0 Å². The van der Waals surface area contributed by atoms with Gasteiger partial charge in [0, 0.05) is 12.6 Å². The number of amides is 1. The minimum Gasteiger partial charge on any atom is -0.444 e. The lowest BCUT2D eigenvalue weighted by atomic mass is 9.96. The second kappa shape index (κ2) is 6.29. The number of nitrogens with zero attached hydrogens (tertiary/aromatic N) is 1. The van der Waals surface area contributed by atoms with Crippen molar-refractivity contribution in [2.75, 3.05) is 6.54 Å². The first-order chi connectivity index (χ1) is 9.46. The molecule has 20 heavy (non-hydrogen) atoms. The van der Waals surface area contributed by atoms with Crippen LogP contribution in [0.2, 0.25) is 0 Å². The van der Waals surface area contributed by atoms with Crippen LogP contribution in [0, 0.1) is 0 Å². The molecule has 0 bridgehead atoms. The first-order valence-corrected chi connectivity index (χ1v) is 7.49. The van der Waals surface area contributed by atoms with E-state index in [0.717, 1.165) is 25.8 Å². The van der Waals surface area contributed by atoms with Gasteiger partial charge in [-0.15, -0.1) is 0 Å². The molecule has 0 spiro atoms. The van der Waals surface area contributed by atoms with Crippen LogP contribution in [0.15, 0.2) is 30.3 Å². The molecule has 0 saturated carbocycles. The van der Waals surface area contributed by atoms with Crippen molar-refractivity contribution in [3.8, 4) is 0 Å². The molecule has 1 saturated heterocycles. The third-order valence-corrected chi connectivity index (χ3v) is 3.57. The number of hydrogen-bond donors (Lipinski definition) is 0. The topological polar surface area (TPSA) is 29.5 Å². The minimum absolute atomic E-state index is 0.168. The zero-order valence-corrected chi connectivity index (χ0v) is 12.8. The maximum atomic E-state index is 12.3. The normalized spacial score (nSPS) is 19.8. The molecular formula is C17H25NO2. The van der Waals surface area contributed by atoms with Crippen molar-refractivity contribution in [2.45, 2.75) is 58.1 Å². The molecule has 1 unspecified atom stereocenters. The van der Waals surface area contributed by atoms with Gasteiger partial charge in [-0.25, -0.2) is 4.79 Å². The summed E-state index contributed by atoms with van der Waals surface area (Å²) in [6, 6.07) is 10.6. The van der Waals surface area contributed by atoms with Crippen LogP contribution in [0.3, 0.4) is 0 Å². The van der Waals surface area contributed by atoms with Crippen molar-refractivity contribution in [1.82, 2.24) is 4.90 Å². The zero-order chi connectivity index (χ0) is 14.6. The number of piperidine rings is 1. The lowest BCUT2D eigenvalue weighted by Gasteiger charge is -2.37. The van der Waals surface area contributed by atoms with E-state index in [4.69, 9.17) is 4.74 Å². The SMILES string of the molecule is CC(C)(C)OC(=O)N1CCCCC1Cc1ccccc1. The van der Waals surface area contributed by atoms with Gasteiger partial charge in [0.25, 0.3) is 0 Å². The summed E-state index contributed by atoms with van der Waals surface area (Å²) in [6.07, 6.45) is 4.08. The molecule has 3 heteroatoms. The summed E-state index contributed by atoms with van der Waals surface area (Å²) in [5, 5.41) is 0. The van der Waals surface area contributed by atoms with Crippen LogP contribution in [0.4, 0.5) is 4.79 Å². The van der Waals surface area contributed by atoms with E-state index in [-0.39, 0.29) is 12.1 Å². The van der Waals surface area contributed by atoms with Crippen LogP contribution >= 0.6 is 0 Å². The number of hydrogen-bond acceptors (Lipinski definition) is 2. The second-order valence-corrected chi connectivity index (χ2v) is 6.51. The fourth-order valence-electron chi connectivity index (χ4n) is 2.66. The Balaban J connectivity index is 2.03. The highest BCUT2D eigenvalue weighted by Crippen LogP contribution is 2.23. The molecule has 2 rings (SSSR count). The van der Waals surface area contributed by atoms with Gasteiger partial charge in [0.05, 0.1) is 0 Å². The molecule has 1 atom stereocenters. The number of benzene rings is 1. The standard InChI is InChI=1S/C17H25NO2/c1-17(2,3)20-16(19)18-12-8-7-11-15(18)13-14-9-5-4-6-10-14/h4-6,9-10,15H,7-8,11-13H2,1-3H3. The lowest BCUT2D eigenvalue weighted by molar-refractivity contribution is 0.00995. The Bertz CT molecular complexity index is 436. The van der Waals surface area contributed by atoms with Crippen molar-refractivity contribution in [2.24, 2.45) is 0 Å². The maximum absolute atomic E-state index is 12.3. The molecule has 1 heterocycles. The van der Waals surface area contributed by atoms with E-state index in [1.807, 2.05) is 31.7 Å². The molecule has 3 nitrogen and oxygen atoms in total. The monoisotopic (exact) mass is 275 g/mol. The fraction of sp³-hybridized carbons (Fsp3) is 0.588. The highest BCUT2D eigenvalue weighted by Gasteiger charge is 2.30. The van der Waals surface area contributed by atoms with E-state index < -0.39 is 5.60 Å². The summed E-state index contributed by atoms with van der Waals surface area (Å²) >= 11 is 0. The molecule has 0 aromatic heterocycles. The Morgan fingerprint density at radius 3 is 2.60 bits per heavy atom. The zero-order valence-electron chi connectivity index (χ0n) is 12.8. The van der Waals surface area contributed by atoms with Gasteiger partial charge in [0.2, 0.25) is 0 Å². The summed E-state index contributed by atoms with van der Waals surface area (Å²) in [5.41, 5.74) is 0.860. The molecule has 1 fully saturated rings. The Labute approximate surface area is 121 Å². The number of carbonyl (C=O) groups excluding carboxylic acids is 1. The van der Waals surface area contributed by atoms with Gasteiger partial charge in [-0.05, 0) is 52.0 Å². The number of likely N-dealkylation sites (tertiary alicyclic amines) is 1. The maximum Gasteiger partial charge on any atom is 0.410 e. The lowest BCUT2D eigenvalue weighted by Crippen LogP contribution is -2.47. The Hall–Kier alpha value is -1.51. The van der Waals surface area contributed by atoms with Crippen molar-refractivity contribution in [3.63, 3.8) is 0 Å². The molecule has 1 amide bonds. The van der Waals surface area contributed by atoms with Gasteiger partial charge in [-0.1, -0.05) is 30.3 Å². The molecule has 110 valence electrons. The van der Waals surface area contributed by atoms with Gasteiger partial charge in [0.1, 0.15) is 5.60 Å². The van der Waals surface area contributed by atoms with Crippen LogP contribution in [0.1, 0.15) is 45.6 Å². The molecule has 0 radical (unpaired) electrons. The first-order valence-electron chi connectivity index (χ1n) is 7.49. The summed E-state index contributed by atoms with van der Waals surface area (Å²) in [4.78, 5) is 14.2. The van der Waals surface area contributed by atoms with Crippen LogP contribution in [-0.4, -0.2) is 29.2 Å². The van der Waals surface area contributed by atoms with E-state index in [0.29, 0.717) is 0 Å². The van der Waals surface area contributed by atoms with Crippen LogP contribution < -0.4 is 0 Å². The summed E-state index contributed by atoms with van der Waals surface area (Å²) < 4.78 is 5.53. The molecule has 1 aromatic carbocycles. The van der Waals surface area contributed by atoms with Gasteiger partial charge >= 0.3 is 6.09 Å². The predicted molar refractivity (Wildman–Crippen MR) is 80.7 cm³/mol. The van der Waals surface area contributed by atoms with E-state index in [1.54, 1.807) is 0 Å². The number of ether oxygens (including phenoxy) is 1. The smallest absolute Gasteiger partial charge is 0.410 e. The number of rotatable bonds is 2. The Morgan fingerprint density at radius 1 is 1.25 bits per heavy atom. The molecule has 1 aliphatic rings. The molecular weight excluding hydrogens is 250 g/mol. The van der Waals surface area contributed by atoms with Crippen molar-refractivity contribution in [1.29, 1.82) is 0 Å². The Kier molecular flexibility index (Phi) is 4.69. The average Bonchev–Trinajstić information content (AvgIpc) is 2.38. The highest BCUT2D eigenvalue weighted by molar-refractivity contribution is 5.68. The second-order valence-electron chi connectivity index (χ2n) is 6.51. The largest absolute Gasteiger partial charge is 0.444 e. The van der Waals surface area contributed by atoms with Crippen molar-refractivity contribution < 1.29 is 9.53 Å². The van der Waals surface area contributed by atoms with Gasteiger partial charge < -0.3 is 9.64 Å². The third-order valence-electron chi connectivity index (χ3n) is 3.57. The van der Waals surface area contributed by atoms with Gasteiger partial charge in [-0.2, -0.15) is 0 Å². The third kappa shape index (κ3) is 4.26. The van der Waals surface area contributed by atoms with Crippen LogP contribution in [-0.2, 0) is 11.2 Å². The van der Waals surface area contributed by atoms with Crippen LogP contribution in [0.5, 0.6) is 0 Å². The van der Waals surface area contributed by atoms with E-state index in [1.165, 1.54) is 12.0 Å². The first kappa shape index (κ1) is 14.9. The van der Waals surface area contributed by atoms with Crippen molar-refractivity contribution >= 4 is 6.09 Å². The molecule has 0 N–H and O–H groups in total. The molecule has 1 aliphatic heterocycles.